The highest BCUT2D eigenvalue weighted by atomic mass is 16.2. The molecule has 0 unspecified atom stereocenters. The third kappa shape index (κ3) is 3.56. The van der Waals surface area contributed by atoms with Gasteiger partial charge >= 0.3 is 0 Å². The zero-order chi connectivity index (χ0) is 19.7. The molecule has 0 aliphatic carbocycles. The minimum absolute atomic E-state index is 0.0257. The molecule has 0 saturated carbocycles. The molecule has 1 aromatic heterocycles. The van der Waals surface area contributed by atoms with Gasteiger partial charge in [0, 0.05) is 42.9 Å². The lowest BCUT2D eigenvalue weighted by atomic mass is 10.00. The van der Waals surface area contributed by atoms with E-state index in [1.807, 2.05) is 31.2 Å². The first kappa shape index (κ1) is 18.4. The molecule has 1 saturated heterocycles. The number of para-hydroxylation sites is 1. The Labute approximate surface area is 163 Å². The first-order valence-corrected chi connectivity index (χ1v) is 9.77. The molecule has 28 heavy (non-hydrogen) atoms. The van der Waals surface area contributed by atoms with Gasteiger partial charge in [-0.2, -0.15) is 0 Å². The van der Waals surface area contributed by atoms with Crippen molar-refractivity contribution in [2.24, 2.45) is 0 Å². The van der Waals surface area contributed by atoms with E-state index in [4.69, 9.17) is 0 Å². The minimum atomic E-state index is -0.183. The molecule has 1 amide bonds. The number of H-pyrrole nitrogens is 1. The lowest BCUT2D eigenvalue weighted by Crippen LogP contribution is -2.40. The van der Waals surface area contributed by atoms with Crippen LogP contribution in [0.1, 0.15) is 36.1 Å². The molecule has 2 aromatic rings. The van der Waals surface area contributed by atoms with Crippen LogP contribution in [0.5, 0.6) is 0 Å². The number of ketones is 1. The second-order valence-corrected chi connectivity index (χ2v) is 7.47. The van der Waals surface area contributed by atoms with Crippen molar-refractivity contribution in [3.8, 4) is 0 Å². The molecule has 0 atom stereocenters. The van der Waals surface area contributed by atoms with Crippen LogP contribution in [0.15, 0.2) is 29.1 Å². The normalized spacial score (nSPS) is 16.4. The van der Waals surface area contributed by atoms with Crippen molar-refractivity contribution in [3.05, 3.63) is 51.4 Å². The van der Waals surface area contributed by atoms with Gasteiger partial charge in [-0.3, -0.25) is 19.4 Å². The second kappa shape index (κ2) is 7.58. The van der Waals surface area contributed by atoms with Crippen molar-refractivity contribution < 1.29 is 9.59 Å². The maximum Gasteiger partial charge on any atom is 0.255 e. The molecule has 3 heterocycles. The number of aromatic nitrogens is 2. The Balaban J connectivity index is 1.50. The van der Waals surface area contributed by atoms with Crippen molar-refractivity contribution in [2.75, 3.05) is 29.4 Å². The summed E-state index contributed by atoms with van der Waals surface area (Å²) in [5.41, 5.74) is 2.68. The summed E-state index contributed by atoms with van der Waals surface area (Å²) < 4.78 is 0. The average Bonchev–Trinajstić information content (AvgIpc) is 3.21. The molecule has 2 aliphatic rings. The first-order valence-electron chi connectivity index (χ1n) is 9.77. The van der Waals surface area contributed by atoms with Gasteiger partial charge < -0.3 is 9.80 Å². The number of Topliss-reactive ketones (excluding diaryl/α,β-unsaturated/α-hetero) is 1. The SMILES string of the molecule is Cc1nc(N2CCCC2)[nH]c(=O)c1CCC(=O)N1CC(=O)Cc2ccccc21. The van der Waals surface area contributed by atoms with E-state index in [1.54, 1.807) is 0 Å². The van der Waals surface area contributed by atoms with Crippen molar-refractivity contribution in [1.82, 2.24) is 9.97 Å². The molecule has 1 aromatic carbocycles. The molecular weight excluding hydrogens is 356 g/mol. The molecule has 0 bridgehead atoms. The highest BCUT2D eigenvalue weighted by molar-refractivity contribution is 6.03. The molecule has 1 N–H and O–H groups in total. The monoisotopic (exact) mass is 380 g/mol. The number of amides is 1. The van der Waals surface area contributed by atoms with Gasteiger partial charge in [-0.25, -0.2) is 4.98 Å². The number of hydrogen-bond acceptors (Lipinski definition) is 5. The summed E-state index contributed by atoms with van der Waals surface area (Å²) in [7, 11) is 0. The third-order valence-corrected chi connectivity index (χ3v) is 5.51. The third-order valence-electron chi connectivity index (χ3n) is 5.51. The van der Waals surface area contributed by atoms with Crippen LogP contribution in [-0.2, 0) is 22.4 Å². The zero-order valence-electron chi connectivity index (χ0n) is 16.0. The lowest BCUT2D eigenvalue weighted by Gasteiger charge is -2.28. The van der Waals surface area contributed by atoms with E-state index in [0.717, 1.165) is 37.2 Å². The minimum Gasteiger partial charge on any atom is -0.342 e. The predicted molar refractivity (Wildman–Crippen MR) is 107 cm³/mol. The van der Waals surface area contributed by atoms with Crippen LogP contribution >= 0.6 is 0 Å². The number of anilines is 2. The maximum absolute atomic E-state index is 12.8. The van der Waals surface area contributed by atoms with Crippen LogP contribution in [0.2, 0.25) is 0 Å². The molecule has 2 aliphatic heterocycles. The standard InChI is InChI=1S/C21H24N4O3/c1-14-17(20(28)23-21(22-14)24-10-4-5-11-24)8-9-19(27)25-13-16(26)12-15-6-2-3-7-18(15)25/h2-3,6-7H,4-5,8-13H2,1H3,(H,22,23,28). The smallest absolute Gasteiger partial charge is 0.255 e. The molecule has 0 radical (unpaired) electrons. The van der Waals surface area contributed by atoms with Crippen LogP contribution in [0.25, 0.3) is 0 Å². The van der Waals surface area contributed by atoms with Gasteiger partial charge in [0.05, 0.1) is 6.54 Å². The molecule has 146 valence electrons. The highest BCUT2D eigenvalue weighted by Gasteiger charge is 2.27. The number of fused-ring (bicyclic) bond motifs is 1. The van der Waals surface area contributed by atoms with Crippen molar-refractivity contribution in [1.29, 1.82) is 0 Å². The number of aromatic amines is 1. The molecule has 4 rings (SSSR count). The summed E-state index contributed by atoms with van der Waals surface area (Å²) in [6.07, 6.45) is 3.04. The Bertz CT molecular complexity index is 976. The largest absolute Gasteiger partial charge is 0.342 e. The number of nitrogens with one attached hydrogen (secondary N) is 1. The van der Waals surface area contributed by atoms with E-state index in [2.05, 4.69) is 14.9 Å². The predicted octanol–water partition coefficient (Wildman–Crippen LogP) is 1.77. The Morgan fingerprint density at radius 3 is 2.68 bits per heavy atom. The Morgan fingerprint density at radius 2 is 1.93 bits per heavy atom. The number of aryl methyl sites for hydroxylation is 1. The number of nitrogens with zero attached hydrogens (tertiary/aromatic N) is 3. The summed E-state index contributed by atoms with van der Waals surface area (Å²) in [5.74, 6) is 0.492. The fourth-order valence-electron chi connectivity index (χ4n) is 4.01. The van der Waals surface area contributed by atoms with Gasteiger partial charge in [0.1, 0.15) is 0 Å². The Morgan fingerprint density at radius 1 is 1.18 bits per heavy atom. The quantitative estimate of drug-likeness (QED) is 0.874. The number of carbonyl (C=O) groups excluding carboxylic acids is 2. The van der Waals surface area contributed by atoms with Crippen LogP contribution in [-0.4, -0.2) is 41.3 Å². The summed E-state index contributed by atoms with van der Waals surface area (Å²) >= 11 is 0. The van der Waals surface area contributed by atoms with Crippen LogP contribution < -0.4 is 15.4 Å². The fraction of sp³-hybridized carbons (Fsp3) is 0.429. The highest BCUT2D eigenvalue weighted by Crippen LogP contribution is 2.26. The number of benzene rings is 1. The van der Waals surface area contributed by atoms with Gasteiger partial charge in [-0.15, -0.1) is 0 Å². The molecule has 7 heteroatoms. The van der Waals surface area contributed by atoms with Crippen LogP contribution in [0, 0.1) is 6.92 Å². The topological polar surface area (TPSA) is 86.4 Å². The van der Waals surface area contributed by atoms with Crippen LogP contribution in [0.4, 0.5) is 11.6 Å². The van der Waals surface area contributed by atoms with E-state index in [-0.39, 0.29) is 30.2 Å². The summed E-state index contributed by atoms with van der Waals surface area (Å²) in [6, 6.07) is 7.48. The van der Waals surface area contributed by atoms with Gasteiger partial charge in [0.2, 0.25) is 11.9 Å². The fourth-order valence-corrected chi connectivity index (χ4v) is 4.01. The molecule has 7 nitrogen and oxygen atoms in total. The average molecular weight is 380 g/mol. The number of rotatable bonds is 4. The van der Waals surface area contributed by atoms with E-state index < -0.39 is 0 Å². The summed E-state index contributed by atoms with van der Waals surface area (Å²) in [4.78, 5) is 48.4. The first-order chi connectivity index (χ1) is 13.5. The molecular formula is C21H24N4O3. The Hall–Kier alpha value is -2.96. The number of hydrogen-bond donors (Lipinski definition) is 1. The summed E-state index contributed by atoms with van der Waals surface area (Å²) in [5, 5.41) is 0. The Kier molecular flexibility index (Phi) is 4.98. The van der Waals surface area contributed by atoms with Gasteiger partial charge in [0.15, 0.2) is 5.78 Å². The zero-order valence-corrected chi connectivity index (χ0v) is 16.0. The van der Waals surface area contributed by atoms with Gasteiger partial charge in [-0.05, 0) is 37.8 Å². The van der Waals surface area contributed by atoms with Crippen LogP contribution in [0.3, 0.4) is 0 Å². The molecule has 1 fully saturated rings. The van der Waals surface area contributed by atoms with Gasteiger partial charge in [-0.1, -0.05) is 18.2 Å². The van der Waals surface area contributed by atoms with Crippen molar-refractivity contribution >= 4 is 23.3 Å². The maximum atomic E-state index is 12.8. The van der Waals surface area contributed by atoms with Crippen molar-refractivity contribution in [2.45, 2.75) is 39.0 Å². The van der Waals surface area contributed by atoms with Crippen molar-refractivity contribution in [3.63, 3.8) is 0 Å². The van der Waals surface area contributed by atoms with Gasteiger partial charge in [0.25, 0.3) is 5.56 Å². The van der Waals surface area contributed by atoms with E-state index in [0.29, 0.717) is 30.0 Å². The van der Waals surface area contributed by atoms with E-state index in [1.165, 1.54) is 4.90 Å². The lowest BCUT2D eigenvalue weighted by molar-refractivity contribution is -0.122. The molecule has 0 spiro atoms. The van der Waals surface area contributed by atoms with E-state index in [9.17, 15) is 14.4 Å². The number of carbonyl (C=O) groups is 2. The second-order valence-electron chi connectivity index (χ2n) is 7.47. The van der Waals surface area contributed by atoms with E-state index >= 15 is 0 Å². The summed E-state index contributed by atoms with van der Waals surface area (Å²) in [6.45, 7) is 3.72.